The molecule has 0 atom stereocenters. The van der Waals surface area contributed by atoms with Gasteiger partial charge in [-0.1, -0.05) is 18.2 Å². The molecule has 0 radical (unpaired) electrons. The Kier molecular flexibility index (Phi) is 5.21. The molecule has 0 aliphatic heterocycles. The summed E-state index contributed by atoms with van der Waals surface area (Å²) in [6, 6.07) is 11.9. The Morgan fingerprint density at radius 2 is 1.67 bits per heavy atom. The van der Waals surface area contributed by atoms with Gasteiger partial charge in [0.05, 0.1) is 38.1 Å². The first kappa shape index (κ1) is 18.6. The van der Waals surface area contributed by atoms with Crippen molar-refractivity contribution in [2.75, 3.05) is 26.6 Å². The maximum absolute atomic E-state index is 12.6. The smallest absolute Gasteiger partial charge is 0.339 e. The Morgan fingerprint density at radius 3 is 2.30 bits per heavy atom. The monoisotopic (exact) mass is 370 g/mol. The van der Waals surface area contributed by atoms with Gasteiger partial charge in [0, 0.05) is 0 Å². The Hall–Kier alpha value is -3.22. The second-order valence-electron chi connectivity index (χ2n) is 6.27. The van der Waals surface area contributed by atoms with Gasteiger partial charge in [0.1, 0.15) is 0 Å². The van der Waals surface area contributed by atoms with Crippen LogP contribution in [0.25, 0.3) is 0 Å². The number of carbonyl (C=O) groups is 2. The fourth-order valence-corrected chi connectivity index (χ4v) is 3.00. The number of anilines is 1. The second-order valence-corrected chi connectivity index (χ2v) is 6.27. The predicted molar refractivity (Wildman–Crippen MR) is 100 cm³/mol. The van der Waals surface area contributed by atoms with E-state index in [1.165, 1.54) is 7.11 Å². The van der Waals surface area contributed by atoms with Crippen molar-refractivity contribution >= 4 is 17.7 Å². The number of esters is 1. The van der Waals surface area contributed by atoms with Crippen LogP contribution in [-0.2, 0) is 10.3 Å². The van der Waals surface area contributed by atoms with Crippen molar-refractivity contribution in [1.29, 1.82) is 0 Å². The lowest BCUT2D eigenvalue weighted by atomic mass is 10.0. The normalized spacial score (nSPS) is 14.0. The first-order valence-electron chi connectivity index (χ1n) is 8.52. The van der Waals surface area contributed by atoms with Gasteiger partial charge in [0.25, 0.3) is 0 Å². The Balaban J connectivity index is 1.76. The van der Waals surface area contributed by atoms with Crippen molar-refractivity contribution in [3.8, 4) is 11.5 Å². The maximum Gasteiger partial charge on any atom is 0.339 e. The first-order chi connectivity index (χ1) is 13.0. The number of hydrogen-bond donors (Lipinski definition) is 2. The molecule has 2 N–H and O–H groups in total. The molecule has 0 heterocycles. The van der Waals surface area contributed by atoms with Crippen molar-refractivity contribution < 1.29 is 23.8 Å². The molecule has 1 fully saturated rings. The number of rotatable bonds is 6. The van der Waals surface area contributed by atoms with Crippen LogP contribution in [0.15, 0.2) is 42.5 Å². The van der Waals surface area contributed by atoms with E-state index in [0.29, 0.717) is 22.7 Å². The molecule has 1 saturated carbocycles. The lowest BCUT2D eigenvalue weighted by Crippen LogP contribution is -2.38. The van der Waals surface area contributed by atoms with E-state index in [1.807, 2.05) is 18.2 Å². The topological polar surface area (TPSA) is 85.9 Å². The summed E-state index contributed by atoms with van der Waals surface area (Å²) in [5.41, 5.74) is 1.18. The predicted octanol–water partition coefficient (Wildman–Crippen LogP) is 3.30. The molecule has 0 spiro atoms. The molecule has 2 aromatic rings. The van der Waals surface area contributed by atoms with Crippen LogP contribution in [0, 0.1) is 0 Å². The average molecular weight is 370 g/mol. The number of ether oxygens (including phenoxy) is 3. The van der Waals surface area contributed by atoms with Gasteiger partial charge in [-0.2, -0.15) is 0 Å². The molecule has 3 rings (SSSR count). The maximum atomic E-state index is 12.6. The summed E-state index contributed by atoms with van der Waals surface area (Å²) in [6.07, 6.45) is 1.63. The fourth-order valence-electron chi connectivity index (χ4n) is 3.00. The molecule has 0 saturated heterocycles. The summed E-state index contributed by atoms with van der Waals surface area (Å²) in [5.74, 6) is 0.736. The molecule has 0 unspecified atom stereocenters. The number of para-hydroxylation sites is 1. The van der Waals surface area contributed by atoms with E-state index in [0.717, 1.165) is 18.4 Å². The Morgan fingerprint density at radius 1 is 0.963 bits per heavy atom. The summed E-state index contributed by atoms with van der Waals surface area (Å²) in [6.45, 7) is 0. The third-order valence-electron chi connectivity index (χ3n) is 4.62. The molecular weight excluding hydrogens is 348 g/mol. The van der Waals surface area contributed by atoms with Gasteiger partial charge in [-0.05, 0) is 42.7 Å². The van der Waals surface area contributed by atoms with E-state index in [1.54, 1.807) is 38.5 Å². The lowest BCUT2D eigenvalue weighted by Gasteiger charge is -2.20. The van der Waals surface area contributed by atoms with Crippen molar-refractivity contribution in [2.45, 2.75) is 18.4 Å². The molecule has 2 amide bonds. The van der Waals surface area contributed by atoms with Gasteiger partial charge in [0.15, 0.2) is 11.5 Å². The summed E-state index contributed by atoms with van der Waals surface area (Å²) < 4.78 is 15.4. The molecule has 1 aliphatic rings. The molecule has 142 valence electrons. The quantitative estimate of drug-likeness (QED) is 0.762. The third kappa shape index (κ3) is 3.81. The van der Waals surface area contributed by atoms with Crippen LogP contribution in [0.5, 0.6) is 11.5 Å². The minimum Gasteiger partial charge on any atom is -0.493 e. The SMILES string of the molecule is COC(=O)c1ccccc1NC(=O)NC1(c2ccc(OC)c(OC)c2)CC1. The zero-order valence-electron chi connectivity index (χ0n) is 15.5. The van der Waals surface area contributed by atoms with Crippen LogP contribution in [-0.4, -0.2) is 33.3 Å². The number of benzene rings is 2. The fraction of sp³-hybridized carbons (Fsp3) is 0.300. The van der Waals surface area contributed by atoms with Gasteiger partial charge in [-0.15, -0.1) is 0 Å². The summed E-state index contributed by atoms with van der Waals surface area (Å²) in [5, 5.41) is 5.74. The zero-order valence-corrected chi connectivity index (χ0v) is 15.5. The number of carbonyl (C=O) groups excluding carboxylic acids is 2. The first-order valence-corrected chi connectivity index (χ1v) is 8.52. The van der Waals surface area contributed by atoms with Crippen molar-refractivity contribution in [1.82, 2.24) is 5.32 Å². The summed E-state index contributed by atoms with van der Waals surface area (Å²) in [7, 11) is 4.45. The minimum absolute atomic E-state index is 0.297. The number of hydrogen-bond acceptors (Lipinski definition) is 5. The number of nitrogens with one attached hydrogen (secondary N) is 2. The van der Waals surface area contributed by atoms with Crippen LogP contribution in [0.1, 0.15) is 28.8 Å². The Labute approximate surface area is 157 Å². The van der Waals surface area contributed by atoms with E-state index in [-0.39, 0.29) is 0 Å². The third-order valence-corrected chi connectivity index (χ3v) is 4.62. The summed E-state index contributed by atoms with van der Waals surface area (Å²) >= 11 is 0. The van der Waals surface area contributed by atoms with Crippen LogP contribution >= 0.6 is 0 Å². The standard InChI is InChI=1S/C20H22N2O5/c1-25-16-9-8-13(12-17(16)26-2)20(10-11-20)22-19(24)21-15-7-5-4-6-14(15)18(23)27-3/h4-9,12H,10-11H2,1-3H3,(H2,21,22,24). The molecular formula is C20H22N2O5. The van der Waals surface area contributed by atoms with Gasteiger partial charge < -0.3 is 24.8 Å². The molecule has 2 aromatic carbocycles. The molecule has 0 aromatic heterocycles. The van der Waals surface area contributed by atoms with E-state index >= 15 is 0 Å². The largest absolute Gasteiger partial charge is 0.493 e. The highest BCUT2D eigenvalue weighted by molar-refractivity contribution is 6.01. The van der Waals surface area contributed by atoms with Crippen molar-refractivity contribution in [3.05, 3.63) is 53.6 Å². The van der Waals surface area contributed by atoms with Crippen LogP contribution in [0.4, 0.5) is 10.5 Å². The van der Waals surface area contributed by atoms with E-state index in [4.69, 9.17) is 14.2 Å². The van der Waals surface area contributed by atoms with Gasteiger partial charge in [-0.25, -0.2) is 9.59 Å². The van der Waals surface area contributed by atoms with Gasteiger partial charge in [-0.3, -0.25) is 0 Å². The number of methoxy groups -OCH3 is 3. The summed E-state index contributed by atoms with van der Waals surface area (Å²) in [4.78, 5) is 24.4. The van der Waals surface area contributed by atoms with E-state index in [9.17, 15) is 9.59 Å². The van der Waals surface area contributed by atoms with E-state index in [2.05, 4.69) is 10.6 Å². The van der Waals surface area contributed by atoms with Crippen LogP contribution in [0.2, 0.25) is 0 Å². The van der Waals surface area contributed by atoms with Crippen LogP contribution in [0.3, 0.4) is 0 Å². The lowest BCUT2D eigenvalue weighted by molar-refractivity contribution is 0.0602. The molecule has 27 heavy (non-hydrogen) atoms. The second kappa shape index (κ2) is 7.57. The van der Waals surface area contributed by atoms with Crippen molar-refractivity contribution in [3.63, 3.8) is 0 Å². The number of urea groups is 1. The highest BCUT2D eigenvalue weighted by atomic mass is 16.5. The van der Waals surface area contributed by atoms with E-state index < -0.39 is 17.5 Å². The zero-order chi connectivity index (χ0) is 19.4. The average Bonchev–Trinajstić information content (AvgIpc) is 3.47. The van der Waals surface area contributed by atoms with Crippen LogP contribution < -0.4 is 20.1 Å². The van der Waals surface area contributed by atoms with Crippen molar-refractivity contribution in [2.24, 2.45) is 0 Å². The Bertz CT molecular complexity index is 861. The minimum atomic E-state index is -0.507. The van der Waals surface area contributed by atoms with Gasteiger partial charge >= 0.3 is 12.0 Å². The molecule has 7 nitrogen and oxygen atoms in total. The molecule has 1 aliphatic carbocycles. The number of amides is 2. The van der Waals surface area contributed by atoms with Gasteiger partial charge in [0.2, 0.25) is 0 Å². The highest BCUT2D eigenvalue weighted by Gasteiger charge is 2.46. The molecule has 0 bridgehead atoms. The molecule has 7 heteroatoms. The highest BCUT2D eigenvalue weighted by Crippen LogP contribution is 2.47.